The van der Waals surface area contributed by atoms with Gasteiger partial charge in [-0.2, -0.15) is 0 Å². The molecule has 0 aliphatic heterocycles. The molecule has 3 N–H and O–H groups in total. The molecule has 0 aromatic carbocycles. The number of hydrogen-bond acceptors (Lipinski definition) is 15. The van der Waals surface area contributed by atoms with Gasteiger partial charge >= 0.3 is 39.5 Å². The average molecular weight is 1420 g/mol. The van der Waals surface area contributed by atoms with E-state index < -0.39 is 97.5 Å². The monoisotopic (exact) mass is 1420 g/mol. The zero-order chi connectivity index (χ0) is 71.2. The van der Waals surface area contributed by atoms with E-state index in [0.29, 0.717) is 25.7 Å². The van der Waals surface area contributed by atoms with Crippen molar-refractivity contribution in [1.29, 1.82) is 0 Å². The molecule has 0 spiro atoms. The third-order valence-corrected chi connectivity index (χ3v) is 19.9. The molecule has 0 fully saturated rings. The summed E-state index contributed by atoms with van der Waals surface area (Å²) in [5.41, 5.74) is 0. The molecule has 19 heteroatoms. The summed E-state index contributed by atoms with van der Waals surface area (Å²) < 4.78 is 68.5. The smallest absolute Gasteiger partial charge is 0.462 e. The number of carbonyl (C=O) groups excluding carboxylic acids is 4. The summed E-state index contributed by atoms with van der Waals surface area (Å²) in [7, 11) is -9.92. The van der Waals surface area contributed by atoms with Gasteiger partial charge in [0.25, 0.3) is 0 Å². The maximum atomic E-state index is 13.1. The molecule has 0 saturated heterocycles. The van der Waals surface area contributed by atoms with Crippen LogP contribution in [-0.2, 0) is 65.4 Å². The quantitative estimate of drug-likeness (QED) is 0.0169. The molecule has 97 heavy (non-hydrogen) atoms. The minimum absolute atomic E-state index is 0.102. The molecular formula is C78H148O17P2. The molecule has 0 radical (unpaired) electrons. The number of phosphoric acid groups is 2. The highest BCUT2D eigenvalue weighted by molar-refractivity contribution is 7.47. The van der Waals surface area contributed by atoms with Gasteiger partial charge in [-0.05, 0) is 57.3 Å². The van der Waals surface area contributed by atoms with Gasteiger partial charge in [-0.1, -0.05) is 335 Å². The van der Waals surface area contributed by atoms with Gasteiger partial charge in [0.15, 0.2) is 12.2 Å². The number of aliphatic hydroxyl groups excluding tert-OH is 1. The Bertz CT molecular complexity index is 1950. The Morgan fingerprint density at radius 2 is 0.577 bits per heavy atom. The highest BCUT2D eigenvalue weighted by Gasteiger charge is 2.30. The van der Waals surface area contributed by atoms with Gasteiger partial charge < -0.3 is 33.8 Å². The van der Waals surface area contributed by atoms with Gasteiger partial charge in [-0.25, -0.2) is 9.13 Å². The molecule has 572 valence electrons. The zero-order valence-electron chi connectivity index (χ0n) is 62.7. The van der Waals surface area contributed by atoms with Crippen LogP contribution in [0.1, 0.15) is 388 Å². The van der Waals surface area contributed by atoms with E-state index in [0.717, 1.165) is 115 Å². The third-order valence-electron chi connectivity index (χ3n) is 18.0. The van der Waals surface area contributed by atoms with E-state index in [-0.39, 0.29) is 25.7 Å². The van der Waals surface area contributed by atoms with Crippen molar-refractivity contribution in [3.63, 3.8) is 0 Å². The lowest BCUT2D eigenvalue weighted by molar-refractivity contribution is -0.161. The SMILES string of the molecule is CCCCCC/C=C\C=C/CCCCCCCC(=O)OC[C@H](COP(=O)(O)OC[C@@H](O)COP(=O)(O)OC[C@@H](COC(=O)CCCCCCCCCCC)OC(=O)CCCCCCCCCCCCC(C)CC)OC(=O)CCCCCCCCCCCCCCCCCCCCC. The molecule has 0 heterocycles. The number of phosphoric ester groups is 2. The Kier molecular flexibility index (Phi) is 68.8. The standard InChI is InChI=1S/C78H148O17P2/c1-6-10-13-16-19-22-24-26-28-29-30-31-33-35-37-43-48-53-58-63-77(82)94-74(68-89-76(81)62-57-52-47-42-36-34-32-27-25-23-20-17-14-11-7-2)70-93-97(86,87)91-66-72(79)65-90-96(84,85)92-69-73(67-88-75(80)61-56-51-46-40-21-18-15-12-8-3)95-78(83)64-59-54-49-44-39-38-41-45-50-55-60-71(5)9-4/h23,25,27,32,71-74,79H,6-22,24,26,28-31,33-70H2,1-5H3,(H,84,85)(H,86,87)/b25-23-,32-27-/t71?,72-,73+,74+/m0/s1. The minimum Gasteiger partial charge on any atom is -0.462 e. The Morgan fingerprint density at radius 1 is 0.330 bits per heavy atom. The topological polar surface area (TPSA) is 237 Å². The van der Waals surface area contributed by atoms with Crippen LogP contribution in [0.4, 0.5) is 0 Å². The van der Waals surface area contributed by atoms with Crippen molar-refractivity contribution in [3.05, 3.63) is 24.3 Å². The summed E-state index contributed by atoms with van der Waals surface area (Å²) in [6.45, 7) is 7.25. The molecule has 0 aliphatic carbocycles. The van der Waals surface area contributed by atoms with Crippen LogP contribution in [0.2, 0.25) is 0 Å². The number of carbonyl (C=O) groups is 4. The van der Waals surface area contributed by atoms with Crippen LogP contribution in [0.15, 0.2) is 24.3 Å². The molecule has 0 aromatic heterocycles. The van der Waals surface area contributed by atoms with Crippen molar-refractivity contribution in [1.82, 2.24) is 0 Å². The first-order chi connectivity index (χ1) is 47.1. The van der Waals surface area contributed by atoms with Crippen LogP contribution < -0.4 is 0 Å². The lowest BCUT2D eigenvalue weighted by Crippen LogP contribution is -2.30. The first kappa shape index (κ1) is 94.5. The Morgan fingerprint density at radius 3 is 0.876 bits per heavy atom. The van der Waals surface area contributed by atoms with E-state index in [2.05, 4.69) is 58.9 Å². The van der Waals surface area contributed by atoms with Crippen LogP contribution >= 0.6 is 15.6 Å². The number of aliphatic hydroxyl groups is 1. The number of hydrogen-bond donors (Lipinski definition) is 3. The van der Waals surface area contributed by atoms with Crippen molar-refractivity contribution < 1.29 is 80.2 Å². The summed E-state index contributed by atoms with van der Waals surface area (Å²) in [6.07, 6.45) is 63.2. The van der Waals surface area contributed by atoms with Crippen molar-refractivity contribution in [2.24, 2.45) is 5.92 Å². The van der Waals surface area contributed by atoms with Crippen LogP contribution in [-0.4, -0.2) is 96.7 Å². The normalized spacial score (nSPS) is 14.4. The Labute approximate surface area is 592 Å². The number of rotatable bonds is 76. The first-order valence-electron chi connectivity index (χ1n) is 40.0. The van der Waals surface area contributed by atoms with Gasteiger partial charge in [0.1, 0.15) is 19.3 Å². The van der Waals surface area contributed by atoms with E-state index in [1.165, 1.54) is 193 Å². The largest absolute Gasteiger partial charge is 0.472 e. The van der Waals surface area contributed by atoms with Gasteiger partial charge in [-0.15, -0.1) is 0 Å². The van der Waals surface area contributed by atoms with Crippen LogP contribution in [0.5, 0.6) is 0 Å². The molecule has 6 atom stereocenters. The van der Waals surface area contributed by atoms with Crippen LogP contribution in [0, 0.1) is 5.92 Å². The molecule has 0 aromatic rings. The summed E-state index contributed by atoms with van der Waals surface area (Å²) in [5, 5.41) is 10.6. The second-order valence-corrected chi connectivity index (χ2v) is 30.6. The van der Waals surface area contributed by atoms with Gasteiger partial charge in [0, 0.05) is 25.7 Å². The van der Waals surface area contributed by atoms with Crippen molar-refractivity contribution in [2.75, 3.05) is 39.6 Å². The second-order valence-electron chi connectivity index (χ2n) is 27.7. The number of ether oxygens (including phenoxy) is 4. The molecule has 0 saturated carbocycles. The van der Waals surface area contributed by atoms with E-state index in [1.807, 2.05) is 0 Å². The molecule has 17 nitrogen and oxygen atoms in total. The molecule has 0 bridgehead atoms. The first-order valence-corrected chi connectivity index (χ1v) is 43.0. The van der Waals surface area contributed by atoms with E-state index in [9.17, 15) is 43.2 Å². The van der Waals surface area contributed by atoms with Gasteiger partial charge in [0.2, 0.25) is 0 Å². The summed E-state index contributed by atoms with van der Waals surface area (Å²) in [5.74, 6) is -1.34. The molecule has 3 unspecified atom stereocenters. The third kappa shape index (κ3) is 70.4. The predicted octanol–water partition coefficient (Wildman–Crippen LogP) is 22.8. The van der Waals surface area contributed by atoms with E-state index in [4.69, 9.17) is 37.0 Å². The number of allylic oxidation sites excluding steroid dienone is 4. The average Bonchev–Trinajstić information content (AvgIpc) is 1.25. The van der Waals surface area contributed by atoms with Crippen LogP contribution in [0.3, 0.4) is 0 Å². The minimum atomic E-state index is -4.97. The molecule has 0 aliphatic rings. The zero-order valence-corrected chi connectivity index (χ0v) is 64.5. The number of esters is 4. The highest BCUT2D eigenvalue weighted by Crippen LogP contribution is 2.45. The lowest BCUT2D eigenvalue weighted by atomic mass is 9.99. The van der Waals surface area contributed by atoms with E-state index in [1.54, 1.807) is 0 Å². The maximum Gasteiger partial charge on any atom is 0.472 e. The van der Waals surface area contributed by atoms with Gasteiger partial charge in [0.05, 0.1) is 26.4 Å². The van der Waals surface area contributed by atoms with Crippen molar-refractivity contribution >= 4 is 39.5 Å². The maximum absolute atomic E-state index is 13.1. The van der Waals surface area contributed by atoms with Crippen molar-refractivity contribution in [3.8, 4) is 0 Å². The fourth-order valence-corrected chi connectivity index (χ4v) is 13.1. The summed E-state index contributed by atoms with van der Waals surface area (Å²) in [6, 6.07) is 0. The highest BCUT2D eigenvalue weighted by atomic mass is 31.2. The fraction of sp³-hybridized carbons (Fsp3) is 0.897. The lowest BCUT2D eigenvalue weighted by Gasteiger charge is -2.21. The summed E-state index contributed by atoms with van der Waals surface area (Å²) >= 11 is 0. The van der Waals surface area contributed by atoms with Crippen molar-refractivity contribution in [2.45, 2.75) is 406 Å². The Balaban J connectivity index is 5.26. The fourth-order valence-electron chi connectivity index (χ4n) is 11.5. The predicted molar refractivity (Wildman–Crippen MR) is 395 cm³/mol. The second kappa shape index (κ2) is 70.6. The van der Waals surface area contributed by atoms with Gasteiger partial charge in [-0.3, -0.25) is 37.3 Å². The Hall–Kier alpha value is -2.46. The molecular weight excluding hydrogens is 1270 g/mol. The van der Waals surface area contributed by atoms with Crippen LogP contribution in [0.25, 0.3) is 0 Å². The van der Waals surface area contributed by atoms with E-state index >= 15 is 0 Å². The summed E-state index contributed by atoms with van der Waals surface area (Å²) in [4.78, 5) is 72.8. The number of unbranched alkanes of at least 4 members (excludes halogenated alkanes) is 44. The molecule has 0 amide bonds. The molecule has 0 rings (SSSR count).